The van der Waals surface area contributed by atoms with E-state index in [0.717, 1.165) is 10.4 Å². The van der Waals surface area contributed by atoms with E-state index in [-0.39, 0.29) is 0 Å². The van der Waals surface area contributed by atoms with Crippen molar-refractivity contribution in [3.63, 3.8) is 0 Å². The van der Waals surface area contributed by atoms with Crippen LogP contribution in [0.3, 0.4) is 0 Å². The second-order valence-electron chi connectivity index (χ2n) is 3.38. The minimum Gasteiger partial charge on any atom is -0.596 e. The SMILES string of the molecule is Cc1ccc(Cn2ccc[n+]2[O-])cc1. The lowest BCUT2D eigenvalue weighted by atomic mass is 10.1. The van der Waals surface area contributed by atoms with Crippen molar-refractivity contribution in [2.45, 2.75) is 13.5 Å². The van der Waals surface area contributed by atoms with Gasteiger partial charge in [0.25, 0.3) is 0 Å². The Balaban J connectivity index is 2.19. The van der Waals surface area contributed by atoms with E-state index in [1.165, 1.54) is 11.8 Å². The quantitative estimate of drug-likeness (QED) is 0.519. The average molecular weight is 188 g/mol. The average Bonchev–Trinajstić information content (AvgIpc) is 2.56. The molecule has 0 spiro atoms. The normalized spacial score (nSPS) is 10.4. The molecule has 0 aliphatic rings. The lowest BCUT2D eigenvalue weighted by molar-refractivity contribution is -0.693. The number of aromatic nitrogens is 2. The van der Waals surface area contributed by atoms with Crippen molar-refractivity contribution in [1.29, 1.82) is 0 Å². The van der Waals surface area contributed by atoms with Gasteiger partial charge in [-0.3, -0.25) is 0 Å². The minimum atomic E-state index is 0.622. The molecule has 3 nitrogen and oxygen atoms in total. The Hall–Kier alpha value is -1.77. The highest BCUT2D eigenvalue weighted by Gasteiger charge is 2.00. The molecule has 0 fully saturated rings. The van der Waals surface area contributed by atoms with E-state index in [1.54, 1.807) is 16.9 Å². The topological polar surface area (TPSA) is 31.9 Å². The molecular formula is C11H12N2O. The molecule has 0 amide bonds. The lowest BCUT2D eigenvalue weighted by Crippen LogP contribution is -2.36. The van der Waals surface area contributed by atoms with Crippen LogP contribution in [0.5, 0.6) is 0 Å². The van der Waals surface area contributed by atoms with Gasteiger partial charge in [-0.2, -0.15) is 0 Å². The number of rotatable bonds is 2. The van der Waals surface area contributed by atoms with Gasteiger partial charge in [-0.05, 0) is 12.5 Å². The van der Waals surface area contributed by atoms with E-state index in [0.29, 0.717) is 6.54 Å². The van der Waals surface area contributed by atoms with Gasteiger partial charge in [-0.15, -0.1) is 4.68 Å². The van der Waals surface area contributed by atoms with Crippen LogP contribution in [0.2, 0.25) is 0 Å². The zero-order valence-corrected chi connectivity index (χ0v) is 8.05. The molecule has 72 valence electrons. The van der Waals surface area contributed by atoms with Gasteiger partial charge in [0.1, 0.15) is 6.54 Å². The Morgan fingerprint density at radius 2 is 2.00 bits per heavy atom. The Labute approximate surface area is 82.8 Å². The van der Waals surface area contributed by atoms with Gasteiger partial charge in [0.2, 0.25) is 6.20 Å². The maximum Gasteiger partial charge on any atom is 0.209 e. The Morgan fingerprint density at radius 1 is 1.29 bits per heavy atom. The molecule has 2 rings (SSSR count). The third-order valence-corrected chi connectivity index (χ3v) is 2.19. The van der Waals surface area contributed by atoms with Crippen LogP contribution < -0.4 is 4.85 Å². The Kier molecular flexibility index (Phi) is 2.23. The fourth-order valence-corrected chi connectivity index (χ4v) is 1.37. The van der Waals surface area contributed by atoms with Gasteiger partial charge >= 0.3 is 0 Å². The van der Waals surface area contributed by atoms with Gasteiger partial charge in [-0.1, -0.05) is 34.7 Å². The first-order chi connectivity index (χ1) is 6.75. The van der Waals surface area contributed by atoms with Crippen molar-refractivity contribution in [1.82, 2.24) is 4.68 Å². The summed E-state index contributed by atoms with van der Waals surface area (Å²) in [6.07, 6.45) is 3.26. The summed E-state index contributed by atoms with van der Waals surface area (Å²) >= 11 is 0. The summed E-state index contributed by atoms with van der Waals surface area (Å²) in [6.45, 7) is 2.67. The zero-order valence-electron chi connectivity index (χ0n) is 8.05. The predicted molar refractivity (Wildman–Crippen MR) is 53.7 cm³/mol. The molecule has 0 radical (unpaired) electrons. The number of aryl methyl sites for hydroxylation is 1. The minimum absolute atomic E-state index is 0.622. The summed E-state index contributed by atoms with van der Waals surface area (Å²) in [5.41, 5.74) is 2.37. The van der Waals surface area contributed by atoms with Crippen LogP contribution in [0.25, 0.3) is 0 Å². The lowest BCUT2D eigenvalue weighted by Gasteiger charge is -2.03. The number of hydrogen-bond acceptors (Lipinski definition) is 1. The highest BCUT2D eigenvalue weighted by molar-refractivity contribution is 5.21. The van der Waals surface area contributed by atoms with E-state index in [4.69, 9.17) is 0 Å². The first-order valence-electron chi connectivity index (χ1n) is 4.56. The van der Waals surface area contributed by atoms with E-state index in [9.17, 15) is 5.21 Å². The molecule has 0 aliphatic carbocycles. The van der Waals surface area contributed by atoms with Crippen LogP contribution >= 0.6 is 0 Å². The summed E-state index contributed by atoms with van der Waals surface area (Å²) < 4.78 is 1.62. The fourth-order valence-electron chi connectivity index (χ4n) is 1.37. The summed E-state index contributed by atoms with van der Waals surface area (Å²) in [5, 5.41) is 11.2. The molecule has 0 atom stereocenters. The molecule has 0 bridgehead atoms. The van der Waals surface area contributed by atoms with Crippen molar-refractivity contribution in [3.8, 4) is 0 Å². The van der Waals surface area contributed by atoms with Crippen molar-refractivity contribution >= 4 is 0 Å². The molecule has 0 unspecified atom stereocenters. The Bertz CT molecular complexity index is 417. The zero-order chi connectivity index (χ0) is 9.97. The van der Waals surface area contributed by atoms with Crippen LogP contribution in [-0.4, -0.2) is 4.68 Å². The van der Waals surface area contributed by atoms with Crippen LogP contribution in [0, 0.1) is 12.1 Å². The third kappa shape index (κ3) is 1.76. The van der Waals surface area contributed by atoms with Crippen LogP contribution in [-0.2, 0) is 6.54 Å². The van der Waals surface area contributed by atoms with Crippen LogP contribution in [0.1, 0.15) is 11.1 Å². The van der Waals surface area contributed by atoms with E-state index in [2.05, 4.69) is 0 Å². The highest BCUT2D eigenvalue weighted by Crippen LogP contribution is 2.04. The Morgan fingerprint density at radius 3 is 2.57 bits per heavy atom. The highest BCUT2D eigenvalue weighted by atomic mass is 16.5. The molecule has 3 heteroatoms. The molecule has 14 heavy (non-hydrogen) atoms. The van der Waals surface area contributed by atoms with Crippen LogP contribution in [0.4, 0.5) is 0 Å². The fraction of sp³-hybridized carbons (Fsp3) is 0.182. The molecule has 0 saturated carbocycles. The van der Waals surface area contributed by atoms with E-state index >= 15 is 0 Å². The van der Waals surface area contributed by atoms with Gasteiger partial charge < -0.3 is 5.21 Å². The maximum atomic E-state index is 11.2. The molecule has 1 aromatic heterocycles. The molecule has 2 aromatic rings. The monoisotopic (exact) mass is 188 g/mol. The molecule has 1 heterocycles. The summed E-state index contributed by atoms with van der Waals surface area (Å²) in [5.74, 6) is 0. The largest absolute Gasteiger partial charge is 0.596 e. The summed E-state index contributed by atoms with van der Waals surface area (Å²) in [4.78, 5) is 0.833. The van der Waals surface area contributed by atoms with Crippen molar-refractivity contribution in [3.05, 3.63) is 59.1 Å². The second-order valence-corrected chi connectivity index (χ2v) is 3.38. The predicted octanol–water partition coefficient (Wildman–Crippen LogP) is 1.48. The first kappa shape index (κ1) is 8.81. The number of hydrogen-bond donors (Lipinski definition) is 0. The molecular weight excluding hydrogens is 176 g/mol. The van der Waals surface area contributed by atoms with Crippen molar-refractivity contribution in [2.75, 3.05) is 0 Å². The summed E-state index contributed by atoms with van der Waals surface area (Å²) in [6, 6.07) is 9.91. The van der Waals surface area contributed by atoms with Gasteiger partial charge in [0, 0.05) is 6.07 Å². The second kappa shape index (κ2) is 3.54. The van der Waals surface area contributed by atoms with Crippen LogP contribution in [0.15, 0.2) is 42.7 Å². The molecule has 0 saturated heterocycles. The molecule has 0 N–H and O–H groups in total. The number of nitrogens with zero attached hydrogens (tertiary/aromatic N) is 2. The smallest absolute Gasteiger partial charge is 0.209 e. The van der Waals surface area contributed by atoms with Crippen molar-refractivity contribution in [2.24, 2.45) is 0 Å². The third-order valence-electron chi connectivity index (χ3n) is 2.19. The van der Waals surface area contributed by atoms with Gasteiger partial charge in [0.05, 0.1) is 6.20 Å². The van der Waals surface area contributed by atoms with Gasteiger partial charge in [0.15, 0.2) is 0 Å². The van der Waals surface area contributed by atoms with Crippen molar-refractivity contribution < 1.29 is 4.85 Å². The molecule has 0 aliphatic heterocycles. The summed E-state index contributed by atoms with van der Waals surface area (Å²) in [7, 11) is 0. The number of benzene rings is 1. The first-order valence-corrected chi connectivity index (χ1v) is 4.56. The maximum absolute atomic E-state index is 11.2. The van der Waals surface area contributed by atoms with E-state index in [1.807, 2.05) is 31.2 Å². The molecule has 1 aromatic carbocycles. The van der Waals surface area contributed by atoms with E-state index < -0.39 is 0 Å². The van der Waals surface area contributed by atoms with Gasteiger partial charge in [-0.25, -0.2) is 0 Å². The standard InChI is InChI=1S/C11H12N2O/c1-10-3-5-11(6-4-10)9-12-7-2-8-13(12)14/h2-8H,9H2,1H3.